The van der Waals surface area contributed by atoms with Crippen molar-refractivity contribution in [3.63, 3.8) is 0 Å². The van der Waals surface area contributed by atoms with Crippen molar-refractivity contribution in [2.45, 2.75) is 12.6 Å². The molecule has 2 rings (SSSR count). The highest BCUT2D eigenvalue weighted by Gasteiger charge is 2.44. The molecule has 1 atom stereocenters. The van der Waals surface area contributed by atoms with E-state index in [2.05, 4.69) is 15.3 Å². The molecule has 2 heterocycles. The van der Waals surface area contributed by atoms with E-state index in [0.717, 1.165) is 0 Å². The topological polar surface area (TPSA) is 82.7 Å². The molecule has 1 aliphatic heterocycles. The zero-order chi connectivity index (χ0) is 10.9. The molecule has 6 nitrogen and oxygen atoms in total. The van der Waals surface area contributed by atoms with Crippen LogP contribution in [0.5, 0.6) is 0 Å². The van der Waals surface area contributed by atoms with Crippen LogP contribution in [0.15, 0.2) is 29.7 Å². The van der Waals surface area contributed by atoms with E-state index in [1.165, 1.54) is 6.21 Å². The van der Waals surface area contributed by atoms with Crippen LogP contribution in [0.4, 0.5) is 0 Å². The third-order valence-corrected chi connectivity index (χ3v) is 2.30. The zero-order valence-electron chi connectivity index (χ0n) is 8.20. The van der Waals surface area contributed by atoms with Gasteiger partial charge in [0.2, 0.25) is 5.69 Å². The van der Waals surface area contributed by atoms with Crippen molar-refractivity contribution < 1.29 is 10.0 Å². The minimum Gasteiger partial charge on any atom is -0.423 e. The van der Waals surface area contributed by atoms with Crippen LogP contribution in [0.3, 0.4) is 0 Å². The monoisotopic (exact) mass is 206 g/mol. The highest BCUT2D eigenvalue weighted by atomic mass is 16.4. The summed E-state index contributed by atoms with van der Waals surface area (Å²) in [7, 11) is -1.66. The number of rotatable bonds is 2. The molecule has 1 aromatic rings. The van der Waals surface area contributed by atoms with Crippen LogP contribution in [0.2, 0.25) is 0 Å². The van der Waals surface area contributed by atoms with E-state index in [-0.39, 0.29) is 0 Å². The highest BCUT2D eigenvalue weighted by molar-refractivity contribution is 6.44. The minimum absolute atomic E-state index is 0.642. The predicted octanol–water partition coefficient (Wildman–Crippen LogP) is -0.998. The fraction of sp³-hybridized carbons (Fsp3) is 0.250. The summed E-state index contributed by atoms with van der Waals surface area (Å²) in [5.41, 5.74) is -1.31. The maximum Gasteiger partial charge on any atom is 0.527 e. The molecule has 0 amide bonds. The van der Waals surface area contributed by atoms with Gasteiger partial charge in [0.15, 0.2) is 0 Å². The molecule has 1 aliphatic rings. The largest absolute Gasteiger partial charge is 0.527 e. The Morgan fingerprint density at radius 3 is 2.80 bits per heavy atom. The quantitative estimate of drug-likeness (QED) is 0.542. The molecule has 0 aliphatic carbocycles. The number of aromatic nitrogens is 2. The van der Waals surface area contributed by atoms with Gasteiger partial charge in [-0.05, 0) is 13.0 Å². The molecule has 3 N–H and O–H groups in total. The van der Waals surface area contributed by atoms with E-state index in [9.17, 15) is 10.0 Å². The molecule has 0 fully saturated rings. The van der Waals surface area contributed by atoms with E-state index in [4.69, 9.17) is 0 Å². The lowest BCUT2D eigenvalue weighted by Crippen LogP contribution is -2.57. The van der Waals surface area contributed by atoms with E-state index in [0.29, 0.717) is 5.82 Å². The van der Waals surface area contributed by atoms with E-state index < -0.39 is 12.8 Å². The van der Waals surface area contributed by atoms with Crippen molar-refractivity contribution in [3.05, 3.63) is 30.5 Å². The van der Waals surface area contributed by atoms with Crippen molar-refractivity contribution in [1.82, 2.24) is 14.9 Å². The Balaban J connectivity index is 2.49. The number of hydrogen-bond donors (Lipinski definition) is 3. The first kappa shape index (κ1) is 9.94. The van der Waals surface area contributed by atoms with E-state index in [1.54, 1.807) is 36.2 Å². The number of hydrogen-bond acceptors (Lipinski definition) is 5. The van der Waals surface area contributed by atoms with Gasteiger partial charge in [0.05, 0.1) is 0 Å². The highest BCUT2D eigenvalue weighted by Crippen LogP contribution is 2.19. The Bertz CT molecular complexity index is 415. The molecule has 15 heavy (non-hydrogen) atoms. The van der Waals surface area contributed by atoms with Crippen molar-refractivity contribution in [3.8, 4) is 0 Å². The first-order valence-corrected chi connectivity index (χ1v) is 4.51. The molecule has 0 aromatic carbocycles. The summed E-state index contributed by atoms with van der Waals surface area (Å²) in [6, 6.07) is 0. The van der Waals surface area contributed by atoms with Crippen LogP contribution in [-0.2, 0) is 5.69 Å². The number of aliphatic imine (C=N–C) groups is 1. The standard InChI is InChI=1S/C8H11BN4O2/c1-7-10-5-6-13(7)8(9(14)15)11-3-2-4-12-8/h2-6,11,14-15H,1H3. The molecule has 0 radical (unpaired) electrons. The van der Waals surface area contributed by atoms with Gasteiger partial charge in [-0.15, -0.1) is 0 Å². The molecule has 1 unspecified atom stereocenters. The van der Waals surface area contributed by atoms with Crippen molar-refractivity contribution in [2.75, 3.05) is 0 Å². The summed E-state index contributed by atoms with van der Waals surface area (Å²) in [4.78, 5) is 8.09. The second kappa shape index (κ2) is 3.52. The van der Waals surface area contributed by atoms with Gasteiger partial charge in [0.1, 0.15) is 5.82 Å². The summed E-state index contributed by atoms with van der Waals surface area (Å²) in [6.45, 7) is 1.76. The van der Waals surface area contributed by atoms with Gasteiger partial charge in [0.25, 0.3) is 0 Å². The van der Waals surface area contributed by atoms with Crippen LogP contribution >= 0.6 is 0 Å². The molecule has 0 saturated carbocycles. The zero-order valence-corrected chi connectivity index (χ0v) is 8.20. The second-order valence-electron chi connectivity index (χ2n) is 3.23. The van der Waals surface area contributed by atoms with Crippen LogP contribution in [0.25, 0.3) is 0 Å². The van der Waals surface area contributed by atoms with Crippen molar-refractivity contribution in [1.29, 1.82) is 0 Å². The predicted molar refractivity (Wildman–Crippen MR) is 55.9 cm³/mol. The Labute approximate surface area is 87.1 Å². The molecule has 0 spiro atoms. The lowest BCUT2D eigenvalue weighted by atomic mass is 9.78. The molecule has 0 saturated heterocycles. The third kappa shape index (κ3) is 1.45. The summed E-state index contributed by atoms with van der Waals surface area (Å²) in [6.07, 6.45) is 8.00. The van der Waals surface area contributed by atoms with Gasteiger partial charge < -0.3 is 15.4 Å². The third-order valence-electron chi connectivity index (χ3n) is 2.30. The Hall–Kier alpha value is -1.60. The first-order valence-electron chi connectivity index (χ1n) is 4.51. The number of nitrogens with one attached hydrogen (secondary N) is 1. The Kier molecular flexibility index (Phi) is 2.33. The first-order chi connectivity index (χ1) is 7.17. The lowest BCUT2D eigenvalue weighted by Gasteiger charge is -2.32. The number of nitrogens with zero attached hydrogens (tertiary/aromatic N) is 3. The molecule has 7 heteroatoms. The molecule has 78 valence electrons. The van der Waals surface area contributed by atoms with Crippen molar-refractivity contribution in [2.24, 2.45) is 4.99 Å². The molecular weight excluding hydrogens is 195 g/mol. The van der Waals surface area contributed by atoms with Crippen LogP contribution in [0, 0.1) is 6.92 Å². The van der Waals surface area contributed by atoms with Crippen molar-refractivity contribution >= 4 is 13.3 Å². The molecule has 0 bridgehead atoms. The smallest absolute Gasteiger partial charge is 0.423 e. The summed E-state index contributed by atoms with van der Waals surface area (Å²) < 4.78 is 1.57. The maximum atomic E-state index is 9.42. The van der Waals surface area contributed by atoms with Gasteiger partial charge >= 0.3 is 7.12 Å². The average Bonchev–Trinajstić information content (AvgIpc) is 2.66. The fourth-order valence-corrected chi connectivity index (χ4v) is 1.54. The number of aryl methyl sites for hydroxylation is 1. The van der Waals surface area contributed by atoms with Crippen LogP contribution in [0.1, 0.15) is 5.82 Å². The molecular formula is C8H11BN4O2. The summed E-state index contributed by atoms with van der Waals surface area (Å²) in [5, 5.41) is 21.7. The van der Waals surface area contributed by atoms with Gasteiger partial charge in [-0.2, -0.15) is 0 Å². The Morgan fingerprint density at radius 1 is 1.53 bits per heavy atom. The average molecular weight is 206 g/mol. The lowest BCUT2D eigenvalue weighted by molar-refractivity contribution is 0.259. The molecule has 1 aromatic heterocycles. The van der Waals surface area contributed by atoms with E-state index >= 15 is 0 Å². The Morgan fingerprint density at radius 2 is 2.33 bits per heavy atom. The van der Waals surface area contributed by atoms with Gasteiger partial charge in [-0.25, -0.2) is 9.98 Å². The van der Waals surface area contributed by atoms with Gasteiger partial charge in [-0.3, -0.25) is 4.57 Å². The minimum atomic E-state index is -1.66. The SMILES string of the molecule is Cc1nccn1C1(B(O)O)N=CC=CN1. The van der Waals surface area contributed by atoms with Crippen LogP contribution < -0.4 is 5.32 Å². The van der Waals surface area contributed by atoms with E-state index in [1.807, 2.05) is 0 Å². The normalized spacial score (nSPS) is 23.9. The van der Waals surface area contributed by atoms with Crippen LogP contribution in [-0.4, -0.2) is 32.9 Å². The number of imidazole rings is 1. The van der Waals surface area contributed by atoms with Gasteiger partial charge in [0, 0.05) is 24.8 Å². The van der Waals surface area contributed by atoms with Gasteiger partial charge in [-0.1, -0.05) is 0 Å². The fourth-order valence-electron chi connectivity index (χ4n) is 1.54. The number of allylic oxidation sites excluding steroid dienone is 1. The summed E-state index contributed by atoms with van der Waals surface area (Å²) in [5.74, 6) is 0.642. The maximum absolute atomic E-state index is 9.42. The summed E-state index contributed by atoms with van der Waals surface area (Å²) >= 11 is 0. The second-order valence-corrected chi connectivity index (χ2v) is 3.23.